The van der Waals surface area contributed by atoms with Gasteiger partial charge < -0.3 is 10.4 Å². The van der Waals surface area contributed by atoms with Gasteiger partial charge in [0.15, 0.2) is 0 Å². The van der Waals surface area contributed by atoms with Crippen molar-refractivity contribution in [3.63, 3.8) is 0 Å². The van der Waals surface area contributed by atoms with Crippen LogP contribution in [0.4, 0.5) is 0 Å². The molecule has 0 radical (unpaired) electrons. The summed E-state index contributed by atoms with van der Waals surface area (Å²) in [6.07, 6.45) is -0.307. The molecule has 0 saturated carbocycles. The van der Waals surface area contributed by atoms with Gasteiger partial charge in [-0.05, 0) is 34.7 Å². The van der Waals surface area contributed by atoms with E-state index in [4.69, 9.17) is 0 Å². The van der Waals surface area contributed by atoms with E-state index in [1.165, 1.54) is 5.56 Å². The van der Waals surface area contributed by atoms with Gasteiger partial charge in [0.25, 0.3) is 0 Å². The van der Waals surface area contributed by atoms with Gasteiger partial charge in [0.05, 0.1) is 6.10 Å². The van der Waals surface area contributed by atoms with Crippen molar-refractivity contribution in [2.75, 3.05) is 6.54 Å². The van der Waals surface area contributed by atoms with Gasteiger partial charge >= 0.3 is 0 Å². The van der Waals surface area contributed by atoms with E-state index in [2.05, 4.69) is 49.8 Å². The normalized spacial score (nSPS) is 16.3. The Hall–Kier alpha value is -0.380. The van der Waals surface area contributed by atoms with Crippen molar-refractivity contribution in [1.29, 1.82) is 0 Å². The second kappa shape index (κ2) is 5.10. The second-order valence-corrected chi connectivity index (χ2v) is 5.85. The van der Waals surface area contributed by atoms with Gasteiger partial charge in [-0.2, -0.15) is 11.3 Å². The zero-order chi connectivity index (χ0) is 11.5. The van der Waals surface area contributed by atoms with E-state index in [1.54, 1.807) is 11.3 Å². The van der Waals surface area contributed by atoms with Crippen LogP contribution in [-0.2, 0) is 0 Å². The molecule has 0 aromatic carbocycles. The van der Waals surface area contributed by atoms with Gasteiger partial charge in [0.1, 0.15) is 0 Å². The Morgan fingerprint density at radius 1 is 1.47 bits per heavy atom. The van der Waals surface area contributed by atoms with Crippen LogP contribution in [-0.4, -0.2) is 17.8 Å². The van der Waals surface area contributed by atoms with E-state index in [9.17, 15) is 5.11 Å². The standard InChI is InChI=1S/C12H21NOS/c1-9(10-5-6-15-8-10)13-7-11(14)12(2,3)4/h5-6,8-9,11,13-14H,7H2,1-4H3. The molecular formula is C12H21NOS. The lowest BCUT2D eigenvalue weighted by molar-refractivity contribution is 0.0609. The summed E-state index contributed by atoms with van der Waals surface area (Å²) in [5.41, 5.74) is 1.24. The Kier molecular flexibility index (Phi) is 4.32. The molecule has 0 saturated heterocycles. The molecule has 15 heavy (non-hydrogen) atoms. The highest BCUT2D eigenvalue weighted by molar-refractivity contribution is 7.07. The van der Waals surface area contributed by atoms with Crippen molar-refractivity contribution < 1.29 is 5.11 Å². The molecule has 2 nitrogen and oxygen atoms in total. The largest absolute Gasteiger partial charge is 0.391 e. The minimum atomic E-state index is -0.307. The number of nitrogens with one attached hydrogen (secondary N) is 1. The fourth-order valence-electron chi connectivity index (χ4n) is 1.23. The molecule has 0 fully saturated rings. The zero-order valence-electron chi connectivity index (χ0n) is 9.95. The predicted octanol–water partition coefficient (Wildman–Crippen LogP) is 2.81. The first kappa shape index (κ1) is 12.7. The van der Waals surface area contributed by atoms with Crippen LogP contribution in [0.15, 0.2) is 16.8 Å². The SMILES string of the molecule is CC(NCC(O)C(C)(C)C)c1ccsc1. The summed E-state index contributed by atoms with van der Waals surface area (Å²) < 4.78 is 0. The smallest absolute Gasteiger partial charge is 0.0712 e. The molecule has 1 aromatic rings. The average molecular weight is 227 g/mol. The molecule has 0 aliphatic carbocycles. The predicted molar refractivity (Wildman–Crippen MR) is 66.2 cm³/mol. The van der Waals surface area contributed by atoms with Gasteiger partial charge in [-0.25, -0.2) is 0 Å². The van der Waals surface area contributed by atoms with Crippen molar-refractivity contribution >= 4 is 11.3 Å². The van der Waals surface area contributed by atoms with Crippen molar-refractivity contribution in [3.8, 4) is 0 Å². The molecule has 2 atom stereocenters. The van der Waals surface area contributed by atoms with Crippen LogP contribution in [0.5, 0.6) is 0 Å². The molecule has 1 heterocycles. The first-order chi connectivity index (χ1) is 6.91. The summed E-state index contributed by atoms with van der Waals surface area (Å²) in [7, 11) is 0. The molecule has 0 aliphatic heterocycles. The molecular weight excluding hydrogens is 206 g/mol. The summed E-state index contributed by atoms with van der Waals surface area (Å²) >= 11 is 1.71. The van der Waals surface area contributed by atoms with Crippen molar-refractivity contribution in [3.05, 3.63) is 22.4 Å². The van der Waals surface area contributed by atoms with Gasteiger partial charge in [-0.3, -0.25) is 0 Å². The van der Waals surface area contributed by atoms with Crippen LogP contribution in [0.2, 0.25) is 0 Å². The first-order valence-corrected chi connectivity index (χ1v) is 6.29. The summed E-state index contributed by atoms with van der Waals surface area (Å²) in [5.74, 6) is 0. The third kappa shape index (κ3) is 3.93. The molecule has 0 aliphatic rings. The minimum Gasteiger partial charge on any atom is -0.391 e. The molecule has 1 rings (SSSR count). The van der Waals surface area contributed by atoms with Gasteiger partial charge in [0.2, 0.25) is 0 Å². The van der Waals surface area contributed by atoms with Crippen LogP contribution >= 0.6 is 11.3 Å². The van der Waals surface area contributed by atoms with E-state index in [1.807, 2.05) is 0 Å². The fraction of sp³-hybridized carbons (Fsp3) is 0.667. The zero-order valence-corrected chi connectivity index (χ0v) is 10.8. The maximum Gasteiger partial charge on any atom is 0.0712 e. The highest BCUT2D eigenvalue weighted by Crippen LogP contribution is 2.20. The van der Waals surface area contributed by atoms with E-state index in [0.717, 1.165) is 0 Å². The lowest BCUT2D eigenvalue weighted by atomic mass is 9.89. The van der Waals surface area contributed by atoms with Crippen LogP contribution in [0, 0.1) is 5.41 Å². The number of aliphatic hydroxyl groups is 1. The lowest BCUT2D eigenvalue weighted by Gasteiger charge is -2.27. The topological polar surface area (TPSA) is 32.3 Å². The number of hydrogen-bond acceptors (Lipinski definition) is 3. The maximum atomic E-state index is 9.87. The van der Waals surface area contributed by atoms with Gasteiger partial charge in [-0.1, -0.05) is 20.8 Å². The molecule has 3 heteroatoms. The lowest BCUT2D eigenvalue weighted by Crippen LogP contribution is -2.37. The summed E-state index contributed by atoms with van der Waals surface area (Å²) in [5, 5.41) is 17.4. The van der Waals surface area contributed by atoms with Crippen LogP contribution in [0.3, 0.4) is 0 Å². The quantitative estimate of drug-likeness (QED) is 0.829. The second-order valence-electron chi connectivity index (χ2n) is 5.07. The molecule has 86 valence electrons. The van der Waals surface area contributed by atoms with Crippen molar-refractivity contribution in [2.45, 2.75) is 39.8 Å². The fourth-order valence-corrected chi connectivity index (χ4v) is 1.99. The Balaban J connectivity index is 2.38. The summed E-state index contributed by atoms with van der Waals surface area (Å²) in [4.78, 5) is 0. The number of hydrogen-bond donors (Lipinski definition) is 2. The molecule has 1 aromatic heterocycles. The van der Waals surface area contributed by atoms with E-state index >= 15 is 0 Å². The molecule has 0 bridgehead atoms. The average Bonchev–Trinajstić information content (AvgIpc) is 2.64. The third-order valence-electron chi connectivity index (χ3n) is 2.66. The molecule has 2 unspecified atom stereocenters. The van der Waals surface area contributed by atoms with E-state index < -0.39 is 0 Å². The first-order valence-electron chi connectivity index (χ1n) is 5.35. The number of rotatable bonds is 4. The highest BCUT2D eigenvalue weighted by atomic mass is 32.1. The molecule has 2 N–H and O–H groups in total. The maximum absolute atomic E-state index is 9.87. The van der Waals surface area contributed by atoms with Gasteiger partial charge in [0, 0.05) is 12.6 Å². The van der Waals surface area contributed by atoms with Crippen LogP contribution in [0.1, 0.15) is 39.3 Å². The van der Waals surface area contributed by atoms with E-state index in [-0.39, 0.29) is 11.5 Å². The van der Waals surface area contributed by atoms with Crippen LogP contribution in [0.25, 0.3) is 0 Å². The van der Waals surface area contributed by atoms with Gasteiger partial charge in [-0.15, -0.1) is 0 Å². The summed E-state index contributed by atoms with van der Waals surface area (Å²) in [6, 6.07) is 2.43. The highest BCUT2D eigenvalue weighted by Gasteiger charge is 2.22. The van der Waals surface area contributed by atoms with Crippen molar-refractivity contribution in [2.24, 2.45) is 5.41 Å². The minimum absolute atomic E-state index is 0.0542. The number of aliphatic hydroxyl groups excluding tert-OH is 1. The molecule has 0 amide bonds. The van der Waals surface area contributed by atoms with E-state index in [0.29, 0.717) is 12.6 Å². The number of thiophene rings is 1. The Labute approximate surface area is 96.3 Å². The summed E-state index contributed by atoms with van der Waals surface area (Å²) in [6.45, 7) is 8.91. The van der Waals surface area contributed by atoms with Crippen LogP contribution < -0.4 is 5.32 Å². The molecule has 0 spiro atoms. The Morgan fingerprint density at radius 2 is 2.13 bits per heavy atom. The monoisotopic (exact) mass is 227 g/mol. The van der Waals surface area contributed by atoms with Crippen molar-refractivity contribution in [1.82, 2.24) is 5.32 Å². The third-order valence-corrected chi connectivity index (χ3v) is 3.36. The Bertz CT molecular complexity index is 276. The Morgan fingerprint density at radius 3 is 2.60 bits per heavy atom.